The molecule has 0 spiro atoms. The van der Waals surface area contributed by atoms with E-state index in [1.165, 1.54) is 0 Å². The summed E-state index contributed by atoms with van der Waals surface area (Å²) in [5.41, 5.74) is 1.00. The van der Waals surface area contributed by atoms with Crippen LogP contribution in [-0.2, 0) is 22.5 Å². The van der Waals surface area contributed by atoms with Crippen molar-refractivity contribution < 1.29 is 9.53 Å². The number of carbonyl (C=O) groups excluding carboxylic acids is 1. The van der Waals surface area contributed by atoms with E-state index >= 15 is 0 Å². The molecule has 1 amide bonds. The van der Waals surface area contributed by atoms with Gasteiger partial charge >= 0.3 is 0 Å². The van der Waals surface area contributed by atoms with Crippen LogP contribution in [0.5, 0.6) is 0 Å². The van der Waals surface area contributed by atoms with Gasteiger partial charge in [-0.3, -0.25) is 4.79 Å². The highest BCUT2D eigenvalue weighted by atomic mass is 16.5. The van der Waals surface area contributed by atoms with Crippen LogP contribution in [0.4, 0.5) is 0 Å². The van der Waals surface area contributed by atoms with Gasteiger partial charge in [-0.1, -0.05) is 6.92 Å². The summed E-state index contributed by atoms with van der Waals surface area (Å²) in [6.45, 7) is 5.32. The molecular formula is C12H22N4O2. The van der Waals surface area contributed by atoms with E-state index in [2.05, 4.69) is 22.5 Å². The Kier molecular flexibility index (Phi) is 7.05. The van der Waals surface area contributed by atoms with E-state index in [9.17, 15) is 4.79 Å². The monoisotopic (exact) mass is 254 g/mol. The van der Waals surface area contributed by atoms with Crippen LogP contribution in [0.3, 0.4) is 0 Å². The summed E-state index contributed by atoms with van der Waals surface area (Å²) in [6, 6.07) is 0. The molecule has 6 heteroatoms. The number of nitrogens with zero attached hydrogens (tertiary/aromatic N) is 2. The topological polar surface area (TPSA) is 68.2 Å². The van der Waals surface area contributed by atoms with Gasteiger partial charge in [0.2, 0.25) is 5.91 Å². The molecule has 1 aromatic rings. The SMILES string of the molecule is CCNCCc1cn(CC(=O)NCCOC)cn1. The van der Waals surface area contributed by atoms with Gasteiger partial charge in [0, 0.05) is 32.8 Å². The zero-order chi connectivity index (χ0) is 13.2. The van der Waals surface area contributed by atoms with Crippen molar-refractivity contribution in [3.63, 3.8) is 0 Å². The summed E-state index contributed by atoms with van der Waals surface area (Å²) >= 11 is 0. The molecule has 0 aliphatic heterocycles. The van der Waals surface area contributed by atoms with Crippen molar-refractivity contribution in [1.82, 2.24) is 20.2 Å². The summed E-state index contributed by atoms with van der Waals surface area (Å²) in [5.74, 6) is -0.0253. The van der Waals surface area contributed by atoms with Gasteiger partial charge in [-0.15, -0.1) is 0 Å². The first kappa shape index (κ1) is 14.7. The Morgan fingerprint density at radius 3 is 3.06 bits per heavy atom. The molecule has 0 atom stereocenters. The molecule has 0 fully saturated rings. The van der Waals surface area contributed by atoms with Crippen molar-refractivity contribution in [2.45, 2.75) is 19.9 Å². The Balaban J connectivity index is 2.27. The lowest BCUT2D eigenvalue weighted by Crippen LogP contribution is -2.30. The van der Waals surface area contributed by atoms with E-state index in [0.29, 0.717) is 19.7 Å². The highest BCUT2D eigenvalue weighted by molar-refractivity contribution is 5.75. The lowest BCUT2D eigenvalue weighted by Gasteiger charge is -2.04. The Morgan fingerprint density at radius 2 is 2.33 bits per heavy atom. The van der Waals surface area contributed by atoms with E-state index in [4.69, 9.17) is 4.74 Å². The van der Waals surface area contributed by atoms with Gasteiger partial charge in [0.1, 0.15) is 6.54 Å². The minimum atomic E-state index is -0.0253. The van der Waals surface area contributed by atoms with Crippen LogP contribution in [0.25, 0.3) is 0 Å². The van der Waals surface area contributed by atoms with Crippen molar-refractivity contribution in [3.05, 3.63) is 18.2 Å². The molecule has 0 saturated carbocycles. The highest BCUT2D eigenvalue weighted by Gasteiger charge is 2.03. The van der Waals surface area contributed by atoms with Crippen LogP contribution in [-0.4, -0.2) is 48.8 Å². The van der Waals surface area contributed by atoms with E-state index in [0.717, 1.165) is 25.2 Å². The Bertz CT molecular complexity index is 352. The molecule has 0 aliphatic rings. The van der Waals surface area contributed by atoms with Crippen molar-refractivity contribution >= 4 is 5.91 Å². The Hall–Kier alpha value is -1.40. The minimum absolute atomic E-state index is 0.0253. The van der Waals surface area contributed by atoms with E-state index in [1.807, 2.05) is 6.20 Å². The first-order valence-electron chi connectivity index (χ1n) is 6.23. The zero-order valence-electron chi connectivity index (χ0n) is 11.1. The summed E-state index contributed by atoms with van der Waals surface area (Å²) in [5, 5.41) is 6.01. The lowest BCUT2D eigenvalue weighted by molar-refractivity contribution is -0.121. The van der Waals surface area contributed by atoms with E-state index in [-0.39, 0.29) is 5.91 Å². The quantitative estimate of drug-likeness (QED) is 0.599. The molecule has 0 saturated heterocycles. The number of ether oxygens (including phenoxy) is 1. The van der Waals surface area contributed by atoms with Gasteiger partial charge in [-0.05, 0) is 6.54 Å². The third-order valence-corrected chi connectivity index (χ3v) is 2.45. The summed E-state index contributed by atoms with van der Waals surface area (Å²) in [6.07, 6.45) is 4.48. The van der Waals surface area contributed by atoms with Crippen LogP contribution in [0.1, 0.15) is 12.6 Å². The molecule has 0 aliphatic carbocycles. The minimum Gasteiger partial charge on any atom is -0.383 e. The van der Waals surface area contributed by atoms with Crippen molar-refractivity contribution in [1.29, 1.82) is 0 Å². The number of rotatable bonds is 9. The predicted octanol–water partition coefficient (Wildman–Crippen LogP) is -0.202. The van der Waals surface area contributed by atoms with Crippen LogP contribution >= 0.6 is 0 Å². The molecule has 1 aromatic heterocycles. The normalized spacial score (nSPS) is 10.6. The van der Waals surface area contributed by atoms with Gasteiger partial charge in [0.15, 0.2) is 0 Å². The van der Waals surface area contributed by atoms with Crippen molar-refractivity contribution in [2.24, 2.45) is 0 Å². The molecule has 6 nitrogen and oxygen atoms in total. The third kappa shape index (κ3) is 5.79. The fourth-order valence-electron chi connectivity index (χ4n) is 1.53. The average molecular weight is 254 g/mol. The molecular weight excluding hydrogens is 232 g/mol. The average Bonchev–Trinajstić information content (AvgIpc) is 2.77. The lowest BCUT2D eigenvalue weighted by atomic mass is 10.3. The number of carbonyl (C=O) groups is 1. The molecule has 2 N–H and O–H groups in total. The summed E-state index contributed by atoms with van der Waals surface area (Å²) in [7, 11) is 1.61. The molecule has 102 valence electrons. The third-order valence-electron chi connectivity index (χ3n) is 2.45. The van der Waals surface area contributed by atoms with Gasteiger partial charge in [0.05, 0.1) is 18.6 Å². The maximum Gasteiger partial charge on any atom is 0.240 e. The molecule has 0 aromatic carbocycles. The zero-order valence-corrected chi connectivity index (χ0v) is 11.1. The number of likely N-dealkylation sites (N-methyl/N-ethyl adjacent to an activating group) is 1. The second-order valence-electron chi connectivity index (χ2n) is 3.98. The summed E-state index contributed by atoms with van der Waals surface area (Å²) < 4.78 is 6.66. The van der Waals surface area contributed by atoms with Gasteiger partial charge in [-0.25, -0.2) is 4.98 Å². The van der Waals surface area contributed by atoms with Crippen molar-refractivity contribution in [3.8, 4) is 0 Å². The molecule has 0 radical (unpaired) electrons. The first-order chi connectivity index (χ1) is 8.76. The molecule has 1 rings (SSSR count). The van der Waals surface area contributed by atoms with Gasteiger partial charge in [-0.2, -0.15) is 0 Å². The van der Waals surface area contributed by atoms with E-state index < -0.39 is 0 Å². The highest BCUT2D eigenvalue weighted by Crippen LogP contribution is 1.96. The number of amides is 1. The smallest absolute Gasteiger partial charge is 0.240 e. The largest absolute Gasteiger partial charge is 0.383 e. The maximum atomic E-state index is 11.5. The van der Waals surface area contributed by atoms with Crippen molar-refractivity contribution in [2.75, 3.05) is 33.4 Å². The van der Waals surface area contributed by atoms with Crippen LogP contribution in [0.2, 0.25) is 0 Å². The second-order valence-corrected chi connectivity index (χ2v) is 3.98. The molecule has 18 heavy (non-hydrogen) atoms. The number of hydrogen-bond acceptors (Lipinski definition) is 4. The molecule has 1 heterocycles. The fourth-order valence-corrected chi connectivity index (χ4v) is 1.53. The number of nitrogens with one attached hydrogen (secondary N) is 2. The van der Waals surface area contributed by atoms with Gasteiger partial charge < -0.3 is 19.9 Å². The fraction of sp³-hybridized carbons (Fsp3) is 0.667. The Morgan fingerprint density at radius 1 is 1.50 bits per heavy atom. The Labute approximate surface area is 108 Å². The predicted molar refractivity (Wildman–Crippen MR) is 69.4 cm³/mol. The van der Waals surface area contributed by atoms with Crippen LogP contribution in [0.15, 0.2) is 12.5 Å². The molecule has 0 bridgehead atoms. The molecule has 0 unspecified atom stereocenters. The van der Waals surface area contributed by atoms with Crippen LogP contribution < -0.4 is 10.6 Å². The number of methoxy groups -OCH3 is 1. The maximum absolute atomic E-state index is 11.5. The number of hydrogen-bond donors (Lipinski definition) is 2. The number of aromatic nitrogens is 2. The number of imidazole rings is 1. The summed E-state index contributed by atoms with van der Waals surface area (Å²) in [4.78, 5) is 15.8. The second kappa shape index (κ2) is 8.66. The standard InChI is InChI=1S/C12H22N4O2/c1-3-13-5-4-11-8-16(10-15-11)9-12(17)14-6-7-18-2/h8,10,13H,3-7,9H2,1-2H3,(H,14,17). The van der Waals surface area contributed by atoms with Gasteiger partial charge in [0.25, 0.3) is 0 Å². The first-order valence-corrected chi connectivity index (χ1v) is 6.23. The van der Waals surface area contributed by atoms with E-state index in [1.54, 1.807) is 18.0 Å². The van der Waals surface area contributed by atoms with Crippen LogP contribution in [0, 0.1) is 0 Å².